The van der Waals surface area contributed by atoms with Gasteiger partial charge in [-0.1, -0.05) is 23.7 Å². The van der Waals surface area contributed by atoms with Crippen LogP contribution < -0.4 is 21.1 Å². The second-order valence-electron chi connectivity index (χ2n) is 5.81. The molecule has 144 valence electrons. The van der Waals surface area contributed by atoms with E-state index in [-0.39, 0.29) is 17.6 Å². The van der Waals surface area contributed by atoms with E-state index in [1.54, 1.807) is 43.5 Å². The number of aliphatic imine (C=N–C) groups is 1. The number of hydrogen-bond donors (Lipinski definition) is 3. The summed E-state index contributed by atoms with van der Waals surface area (Å²) in [5, 5.41) is 6.22. The molecule has 4 N–H and O–H groups in total. The van der Waals surface area contributed by atoms with Gasteiger partial charge < -0.3 is 25.5 Å². The van der Waals surface area contributed by atoms with Crippen LogP contribution in [0.25, 0.3) is 0 Å². The van der Waals surface area contributed by atoms with Crippen LogP contribution in [0.5, 0.6) is 5.75 Å². The van der Waals surface area contributed by atoms with Crippen molar-refractivity contribution in [3.05, 3.63) is 77.2 Å². The Bertz CT molecular complexity index is 987. The molecule has 3 aromatic rings. The number of halogens is 1. The summed E-state index contributed by atoms with van der Waals surface area (Å²) < 4.78 is 10.2. The molecule has 7 nitrogen and oxygen atoms in total. The molecule has 0 bridgehead atoms. The Labute approximate surface area is 167 Å². The first kappa shape index (κ1) is 19.3. The molecule has 8 heteroatoms. The first-order valence-corrected chi connectivity index (χ1v) is 8.77. The zero-order chi connectivity index (χ0) is 19.9. The number of anilines is 2. The van der Waals surface area contributed by atoms with Crippen LogP contribution in [0.3, 0.4) is 0 Å². The van der Waals surface area contributed by atoms with Crippen molar-refractivity contribution in [2.75, 3.05) is 17.7 Å². The maximum atomic E-state index is 12.0. The quantitative estimate of drug-likeness (QED) is 0.428. The lowest BCUT2D eigenvalue weighted by Gasteiger charge is -2.09. The molecule has 0 aliphatic heterocycles. The van der Waals surface area contributed by atoms with Gasteiger partial charge in [-0.3, -0.25) is 4.79 Å². The molecular formula is C20H19ClN4O3. The van der Waals surface area contributed by atoms with Gasteiger partial charge in [0.15, 0.2) is 11.7 Å². The van der Waals surface area contributed by atoms with Gasteiger partial charge in [0.2, 0.25) is 0 Å². The molecule has 1 aromatic heterocycles. The van der Waals surface area contributed by atoms with Crippen molar-refractivity contribution in [3.63, 3.8) is 0 Å². The third-order valence-corrected chi connectivity index (χ3v) is 4.08. The summed E-state index contributed by atoms with van der Waals surface area (Å²) in [7, 11) is 1.55. The van der Waals surface area contributed by atoms with Crippen LogP contribution in [-0.4, -0.2) is 19.0 Å². The van der Waals surface area contributed by atoms with Gasteiger partial charge in [-0.05, 0) is 48.0 Å². The van der Waals surface area contributed by atoms with Crippen LogP contribution in [0.4, 0.5) is 11.4 Å². The number of amides is 1. The first-order chi connectivity index (χ1) is 13.5. The van der Waals surface area contributed by atoms with Crippen molar-refractivity contribution in [1.82, 2.24) is 0 Å². The molecule has 2 aromatic carbocycles. The summed E-state index contributed by atoms with van der Waals surface area (Å²) >= 11 is 6.09. The Morgan fingerprint density at radius 3 is 2.68 bits per heavy atom. The van der Waals surface area contributed by atoms with Gasteiger partial charge in [0, 0.05) is 11.4 Å². The second-order valence-corrected chi connectivity index (χ2v) is 6.21. The predicted molar refractivity (Wildman–Crippen MR) is 110 cm³/mol. The van der Waals surface area contributed by atoms with Crippen LogP contribution >= 0.6 is 11.6 Å². The van der Waals surface area contributed by atoms with E-state index >= 15 is 0 Å². The Morgan fingerprint density at radius 2 is 1.96 bits per heavy atom. The van der Waals surface area contributed by atoms with Gasteiger partial charge in [-0.25, -0.2) is 4.99 Å². The SMILES string of the molecule is COc1ccc(NC(N)=NCc2cccc(NC(=O)c3ccco3)c2)cc1Cl. The number of nitrogens with zero attached hydrogens (tertiary/aromatic N) is 1. The minimum Gasteiger partial charge on any atom is -0.495 e. The highest BCUT2D eigenvalue weighted by Gasteiger charge is 2.08. The number of nitrogens with two attached hydrogens (primary N) is 1. The Morgan fingerprint density at radius 1 is 1.14 bits per heavy atom. The van der Waals surface area contributed by atoms with E-state index in [0.29, 0.717) is 28.7 Å². The lowest BCUT2D eigenvalue weighted by Crippen LogP contribution is -2.22. The molecule has 0 saturated carbocycles. The number of nitrogens with one attached hydrogen (secondary N) is 2. The highest BCUT2D eigenvalue weighted by molar-refractivity contribution is 6.32. The topological polar surface area (TPSA) is 102 Å². The minimum atomic E-state index is -0.316. The van der Waals surface area contributed by atoms with E-state index in [2.05, 4.69) is 15.6 Å². The average molecular weight is 399 g/mol. The van der Waals surface area contributed by atoms with Gasteiger partial charge in [0.1, 0.15) is 5.75 Å². The van der Waals surface area contributed by atoms with Gasteiger partial charge in [0.25, 0.3) is 5.91 Å². The van der Waals surface area contributed by atoms with Gasteiger partial charge in [0.05, 0.1) is 24.9 Å². The molecule has 1 heterocycles. The number of carbonyl (C=O) groups is 1. The summed E-state index contributed by atoms with van der Waals surface area (Å²) in [5.41, 5.74) is 8.17. The molecule has 0 atom stereocenters. The number of benzene rings is 2. The summed E-state index contributed by atoms with van der Waals surface area (Å²) in [6, 6.07) is 15.8. The summed E-state index contributed by atoms with van der Waals surface area (Å²) in [5.74, 6) is 0.751. The maximum Gasteiger partial charge on any atom is 0.291 e. The lowest BCUT2D eigenvalue weighted by atomic mass is 10.2. The molecule has 0 spiro atoms. The number of hydrogen-bond acceptors (Lipinski definition) is 4. The van der Waals surface area contributed by atoms with Crippen LogP contribution in [0.2, 0.25) is 5.02 Å². The second kappa shape index (κ2) is 8.96. The van der Waals surface area contributed by atoms with E-state index in [1.807, 2.05) is 18.2 Å². The normalized spacial score (nSPS) is 11.1. The van der Waals surface area contributed by atoms with Crippen molar-refractivity contribution in [3.8, 4) is 5.75 Å². The van der Waals surface area contributed by atoms with Crippen LogP contribution in [0, 0.1) is 0 Å². The largest absolute Gasteiger partial charge is 0.495 e. The zero-order valence-electron chi connectivity index (χ0n) is 15.1. The van der Waals surface area contributed by atoms with Gasteiger partial charge >= 0.3 is 0 Å². The molecule has 0 unspecified atom stereocenters. The van der Waals surface area contributed by atoms with E-state index in [0.717, 1.165) is 5.56 Å². The van der Waals surface area contributed by atoms with Gasteiger partial charge in [-0.2, -0.15) is 0 Å². The summed E-state index contributed by atoms with van der Waals surface area (Å²) in [6.07, 6.45) is 1.45. The molecule has 28 heavy (non-hydrogen) atoms. The maximum absolute atomic E-state index is 12.0. The predicted octanol–water partition coefficient (Wildman–Crippen LogP) is 4.12. The fourth-order valence-electron chi connectivity index (χ4n) is 2.46. The van der Waals surface area contributed by atoms with E-state index in [4.69, 9.17) is 26.5 Å². The fraction of sp³-hybridized carbons (Fsp3) is 0.100. The zero-order valence-corrected chi connectivity index (χ0v) is 15.9. The third kappa shape index (κ3) is 5.05. The highest BCUT2D eigenvalue weighted by Crippen LogP contribution is 2.27. The van der Waals surface area contributed by atoms with Crippen LogP contribution in [0.15, 0.2) is 70.3 Å². The molecule has 0 saturated heterocycles. The van der Waals surface area contributed by atoms with E-state index in [1.165, 1.54) is 6.26 Å². The number of ether oxygens (including phenoxy) is 1. The molecule has 3 rings (SSSR count). The molecule has 0 aliphatic carbocycles. The average Bonchev–Trinajstić information content (AvgIpc) is 3.22. The smallest absolute Gasteiger partial charge is 0.291 e. The molecule has 0 fully saturated rings. The van der Waals surface area contributed by atoms with Crippen LogP contribution in [0.1, 0.15) is 16.1 Å². The third-order valence-electron chi connectivity index (χ3n) is 3.79. The fourth-order valence-corrected chi connectivity index (χ4v) is 2.71. The highest BCUT2D eigenvalue weighted by atomic mass is 35.5. The van der Waals surface area contributed by atoms with Crippen molar-refractivity contribution in [1.29, 1.82) is 0 Å². The standard InChI is InChI=1S/C20H19ClN4O3/c1-27-17-8-7-15(11-16(17)21)25-20(22)23-12-13-4-2-5-14(10-13)24-19(26)18-6-3-9-28-18/h2-11H,12H2,1H3,(H,24,26)(H3,22,23,25). The summed E-state index contributed by atoms with van der Waals surface area (Å²) in [6.45, 7) is 0.340. The van der Waals surface area contributed by atoms with Crippen LogP contribution in [-0.2, 0) is 6.54 Å². The van der Waals surface area contributed by atoms with E-state index in [9.17, 15) is 4.79 Å². The molecule has 0 aliphatic rings. The molecule has 1 amide bonds. The number of carbonyl (C=O) groups excluding carboxylic acids is 1. The first-order valence-electron chi connectivity index (χ1n) is 8.39. The lowest BCUT2D eigenvalue weighted by molar-refractivity contribution is 0.0996. The van der Waals surface area contributed by atoms with Crippen molar-refractivity contribution in [2.45, 2.75) is 6.54 Å². The number of furan rings is 1. The molecular weight excluding hydrogens is 380 g/mol. The number of rotatable bonds is 6. The van der Waals surface area contributed by atoms with Crippen molar-refractivity contribution >= 4 is 34.8 Å². The monoisotopic (exact) mass is 398 g/mol. The minimum absolute atomic E-state index is 0.242. The van der Waals surface area contributed by atoms with Gasteiger partial charge in [-0.15, -0.1) is 0 Å². The number of methoxy groups -OCH3 is 1. The Hall–Kier alpha value is -3.45. The van der Waals surface area contributed by atoms with Crippen molar-refractivity contribution < 1.29 is 13.9 Å². The Balaban J connectivity index is 1.61. The number of guanidine groups is 1. The summed E-state index contributed by atoms with van der Waals surface area (Å²) in [4.78, 5) is 16.4. The Kier molecular flexibility index (Phi) is 6.18. The van der Waals surface area contributed by atoms with E-state index < -0.39 is 0 Å². The van der Waals surface area contributed by atoms with Crippen molar-refractivity contribution in [2.24, 2.45) is 10.7 Å². The molecule has 0 radical (unpaired) electrons.